The molecule has 0 unspecified atom stereocenters. The van der Waals surface area contributed by atoms with E-state index in [9.17, 15) is 27.6 Å². The minimum Gasteiger partial charge on any atom is -0.489 e. The van der Waals surface area contributed by atoms with Crippen molar-refractivity contribution in [3.63, 3.8) is 0 Å². The van der Waals surface area contributed by atoms with Crippen LogP contribution in [-0.4, -0.2) is 114 Å². The number of ether oxygens (including phenoxy) is 3. The predicted molar refractivity (Wildman–Crippen MR) is 240 cm³/mol. The Morgan fingerprint density at radius 1 is 1.03 bits per heavy atom. The van der Waals surface area contributed by atoms with Gasteiger partial charge in [-0.05, 0) is 107 Å². The molecule has 15 nitrogen and oxygen atoms in total. The van der Waals surface area contributed by atoms with Crippen LogP contribution in [0.15, 0.2) is 36.9 Å². The molecule has 9 rings (SSSR count). The maximum Gasteiger partial charge on any atom is 0.408 e. The first-order chi connectivity index (χ1) is 30.5. The SMILES string of the molecule is C=C[C@@H]1C[C@]1(NC(=O)[C@@H]1C[C@@H]2CN1C(=O)[C@H](C(C)(C)C)NC(=O)O[C@@H]1C[C@H]1CCCCCc1c(nc3ccccc3c1OC1CCN(CC3CC3)CC1)O2)C(=O)NS(=O)(=O)C1(C)CC1. The van der Waals surface area contributed by atoms with Gasteiger partial charge in [0.1, 0.15) is 41.7 Å². The number of alkyl carbamates (subject to hydrolysis) is 1. The molecule has 4 heterocycles. The number of carbonyl (C=O) groups is 4. The number of fused-ring (bicyclic) bond motifs is 5. The molecule has 348 valence electrons. The molecule has 64 heavy (non-hydrogen) atoms. The van der Waals surface area contributed by atoms with Gasteiger partial charge in [0.15, 0.2) is 0 Å². The number of piperidine rings is 1. The lowest BCUT2D eigenvalue weighted by atomic mass is 9.85. The molecule has 2 bridgehead atoms. The zero-order valence-electron chi connectivity index (χ0n) is 37.9. The normalized spacial score (nSPS) is 31.2. The fraction of sp³-hybridized carbons (Fsp3) is 0.688. The third-order valence-electron chi connectivity index (χ3n) is 14.9. The van der Waals surface area contributed by atoms with E-state index in [1.807, 2.05) is 45.0 Å². The number of sulfonamides is 1. The Hall–Kier alpha value is -4.44. The summed E-state index contributed by atoms with van der Waals surface area (Å²) in [5.41, 5.74) is -0.790. The first-order valence-corrected chi connectivity index (χ1v) is 25.2. The average Bonchev–Trinajstić information content (AvgIpc) is 4.09. The largest absolute Gasteiger partial charge is 0.489 e. The highest BCUT2D eigenvalue weighted by Crippen LogP contribution is 2.48. The molecular formula is C48H66N6O9S. The van der Waals surface area contributed by atoms with Gasteiger partial charge in [-0.15, -0.1) is 6.58 Å². The summed E-state index contributed by atoms with van der Waals surface area (Å²) in [6, 6.07) is 5.69. The summed E-state index contributed by atoms with van der Waals surface area (Å²) in [5, 5.41) is 6.65. The van der Waals surface area contributed by atoms with E-state index in [1.165, 1.54) is 23.8 Å². The summed E-state index contributed by atoms with van der Waals surface area (Å²) < 4.78 is 47.4. The van der Waals surface area contributed by atoms with Gasteiger partial charge in [-0.1, -0.05) is 51.8 Å². The summed E-state index contributed by atoms with van der Waals surface area (Å²) in [5.74, 6) is -0.254. The summed E-state index contributed by atoms with van der Waals surface area (Å²) >= 11 is 0. The van der Waals surface area contributed by atoms with E-state index in [2.05, 4.69) is 26.8 Å². The van der Waals surface area contributed by atoms with Crippen molar-refractivity contribution in [3.8, 4) is 11.6 Å². The Kier molecular flexibility index (Phi) is 11.9. The van der Waals surface area contributed by atoms with Crippen LogP contribution in [0.4, 0.5) is 4.79 Å². The molecule has 2 saturated heterocycles. The fourth-order valence-corrected chi connectivity index (χ4v) is 11.3. The molecule has 1 aromatic heterocycles. The van der Waals surface area contributed by atoms with Gasteiger partial charge in [-0.25, -0.2) is 18.2 Å². The summed E-state index contributed by atoms with van der Waals surface area (Å²) in [6.07, 6.45) is 10.6. The minimum atomic E-state index is -4.01. The topological polar surface area (TPSA) is 186 Å². The molecule has 3 N–H and O–H groups in total. The number of benzene rings is 1. The minimum absolute atomic E-state index is 0.0225. The number of hydrogen-bond donors (Lipinski definition) is 3. The van der Waals surface area contributed by atoms with Crippen LogP contribution in [-0.2, 0) is 35.6 Å². The third-order valence-corrected chi connectivity index (χ3v) is 17.1. The summed E-state index contributed by atoms with van der Waals surface area (Å²) in [4.78, 5) is 66.0. The molecule has 3 aliphatic heterocycles. The summed E-state index contributed by atoms with van der Waals surface area (Å²) in [6.45, 7) is 14.1. The smallest absolute Gasteiger partial charge is 0.408 e. The first kappa shape index (κ1) is 44.7. The highest BCUT2D eigenvalue weighted by Gasteiger charge is 2.63. The highest BCUT2D eigenvalue weighted by molar-refractivity contribution is 7.91. The zero-order valence-corrected chi connectivity index (χ0v) is 38.7. The van der Waals surface area contributed by atoms with Crippen molar-refractivity contribution in [1.82, 2.24) is 30.1 Å². The standard InChI is InChI=1S/C48H66N6O9S/c1-6-31-26-48(31,44(57)52-64(59,60)47(5)20-21-47)51-41(55)37-25-33-28-54(37)43(56)40(46(2,3)4)50-45(58)63-38-24-30(38)12-8-7-9-14-35-39(34-13-10-11-15-36(34)49-42(35)62-33)61-32-18-22-53(23-19-32)27-29-16-17-29/h6,10-11,13,15,29-33,37-38,40H,1,7-9,12,14,16-28H2,2-5H3,(H,50,58)(H,51,55)(H,52,57)/t30-,31-,33-,37+,38-,40-,48-/m1/s1. The van der Waals surface area contributed by atoms with Crippen LogP contribution in [0.1, 0.15) is 117 Å². The first-order valence-electron chi connectivity index (χ1n) is 23.7. The Balaban J connectivity index is 1.04. The Labute approximate surface area is 377 Å². The van der Waals surface area contributed by atoms with Gasteiger partial charge in [0.2, 0.25) is 27.7 Å². The second-order valence-corrected chi connectivity index (χ2v) is 23.4. The lowest BCUT2D eigenvalue weighted by Crippen LogP contribution is -2.60. The number of amides is 4. The van der Waals surface area contributed by atoms with Crippen LogP contribution < -0.4 is 24.8 Å². The van der Waals surface area contributed by atoms with Crippen LogP contribution in [0.5, 0.6) is 11.6 Å². The number of carbonyl (C=O) groups excluding carboxylic acids is 4. The molecule has 16 heteroatoms. The monoisotopic (exact) mass is 902 g/mol. The zero-order chi connectivity index (χ0) is 45.2. The highest BCUT2D eigenvalue weighted by atomic mass is 32.2. The van der Waals surface area contributed by atoms with E-state index in [1.54, 1.807) is 6.92 Å². The second-order valence-electron chi connectivity index (χ2n) is 21.2. The third kappa shape index (κ3) is 9.32. The van der Waals surface area contributed by atoms with Gasteiger partial charge >= 0.3 is 6.09 Å². The molecule has 1 aromatic carbocycles. The maximum absolute atomic E-state index is 14.9. The van der Waals surface area contributed by atoms with Crippen molar-refractivity contribution < 1.29 is 41.8 Å². The lowest BCUT2D eigenvalue weighted by molar-refractivity contribution is -0.142. The summed E-state index contributed by atoms with van der Waals surface area (Å²) in [7, 11) is -4.01. The van der Waals surface area contributed by atoms with Crippen LogP contribution in [0, 0.1) is 23.2 Å². The Morgan fingerprint density at radius 3 is 2.47 bits per heavy atom. The van der Waals surface area contributed by atoms with Gasteiger partial charge in [-0.2, -0.15) is 0 Å². The van der Waals surface area contributed by atoms with Gasteiger partial charge < -0.3 is 34.6 Å². The maximum atomic E-state index is 14.9. The van der Waals surface area contributed by atoms with Gasteiger partial charge in [0.05, 0.1) is 22.4 Å². The van der Waals surface area contributed by atoms with Gasteiger partial charge in [0, 0.05) is 37.4 Å². The molecule has 0 radical (unpaired) electrons. The molecule has 2 aromatic rings. The van der Waals surface area contributed by atoms with E-state index in [4.69, 9.17) is 19.2 Å². The van der Waals surface area contributed by atoms with E-state index < -0.39 is 73.6 Å². The molecule has 0 spiro atoms. The van der Waals surface area contributed by atoms with Crippen LogP contribution in [0.25, 0.3) is 10.9 Å². The van der Waals surface area contributed by atoms with Crippen molar-refractivity contribution >= 4 is 44.7 Å². The molecular weight excluding hydrogens is 837 g/mol. The number of aromatic nitrogens is 1. The van der Waals surface area contributed by atoms with Crippen LogP contribution >= 0.6 is 0 Å². The number of likely N-dealkylation sites (tertiary alicyclic amines) is 1. The molecule has 7 atom stereocenters. The van der Waals surface area contributed by atoms with Crippen LogP contribution in [0.2, 0.25) is 0 Å². The van der Waals surface area contributed by atoms with Crippen molar-refractivity contribution in [1.29, 1.82) is 0 Å². The van der Waals surface area contributed by atoms with Gasteiger partial charge in [0.25, 0.3) is 5.91 Å². The van der Waals surface area contributed by atoms with E-state index in [-0.39, 0.29) is 37.5 Å². The number of nitrogens with zero attached hydrogens (tertiary/aromatic N) is 3. The van der Waals surface area contributed by atoms with Gasteiger partial charge in [-0.3, -0.25) is 19.1 Å². The number of para-hydroxylation sites is 1. The predicted octanol–water partition coefficient (Wildman–Crippen LogP) is 5.54. The number of pyridine rings is 1. The number of hydrogen-bond acceptors (Lipinski definition) is 11. The Bertz CT molecular complexity index is 2280. The fourth-order valence-electron chi connectivity index (χ4n) is 10.0. The Morgan fingerprint density at radius 2 is 1.78 bits per heavy atom. The molecule has 4 amide bonds. The van der Waals surface area contributed by atoms with Crippen molar-refractivity contribution in [3.05, 3.63) is 42.5 Å². The lowest BCUT2D eigenvalue weighted by Gasteiger charge is -2.35. The van der Waals surface area contributed by atoms with Crippen LogP contribution in [0.3, 0.4) is 0 Å². The van der Waals surface area contributed by atoms with Crippen molar-refractivity contribution in [2.24, 2.45) is 23.2 Å². The van der Waals surface area contributed by atoms with E-state index in [0.717, 1.165) is 87.2 Å². The molecule has 6 fully saturated rings. The molecule has 4 aliphatic carbocycles. The molecule has 4 saturated carbocycles. The number of nitrogens with one attached hydrogen (secondary N) is 3. The van der Waals surface area contributed by atoms with Crippen molar-refractivity contribution in [2.75, 3.05) is 26.2 Å². The average molecular weight is 903 g/mol. The quantitative estimate of drug-likeness (QED) is 0.255. The second kappa shape index (κ2) is 17.1. The van der Waals surface area contributed by atoms with E-state index >= 15 is 0 Å². The van der Waals surface area contributed by atoms with E-state index in [0.29, 0.717) is 30.7 Å². The molecule has 7 aliphatic rings. The number of rotatable bonds is 10. The van der Waals surface area contributed by atoms with Crippen molar-refractivity contribution in [2.45, 2.75) is 158 Å².